The molecule has 1 atom stereocenters. The molecule has 1 heterocycles. The quantitative estimate of drug-likeness (QED) is 0.847. The summed E-state index contributed by atoms with van der Waals surface area (Å²) in [7, 11) is 0. The van der Waals surface area contributed by atoms with Gasteiger partial charge in [-0.3, -0.25) is 4.98 Å². The lowest BCUT2D eigenvalue weighted by Gasteiger charge is -2.12. The number of anilines is 1. The van der Waals surface area contributed by atoms with Crippen molar-refractivity contribution in [1.29, 1.82) is 0 Å². The zero-order valence-electron chi connectivity index (χ0n) is 9.58. The van der Waals surface area contributed by atoms with E-state index in [1.54, 1.807) is 30.2 Å². The normalized spacial score (nSPS) is 12.3. The van der Waals surface area contributed by atoms with Gasteiger partial charge in [0, 0.05) is 38.8 Å². The second kappa shape index (κ2) is 6.22. The van der Waals surface area contributed by atoms with E-state index in [1.807, 2.05) is 24.3 Å². The van der Waals surface area contributed by atoms with Crippen LogP contribution in [0.2, 0.25) is 0 Å². The fourth-order valence-corrected chi connectivity index (χ4v) is 2.98. The Hall–Kier alpha value is -1.04. The maximum absolute atomic E-state index is 10.1. The van der Waals surface area contributed by atoms with Gasteiger partial charge in [-0.05, 0) is 24.3 Å². The third-order valence-electron chi connectivity index (χ3n) is 2.45. The number of nitrogens with zero attached hydrogens (tertiary/aromatic N) is 1. The van der Waals surface area contributed by atoms with Gasteiger partial charge < -0.3 is 10.8 Å². The minimum atomic E-state index is -0.609. The number of halogens is 1. The number of pyridine rings is 1. The first-order chi connectivity index (χ1) is 8.66. The summed E-state index contributed by atoms with van der Waals surface area (Å²) in [6.07, 6.45) is 2.62. The van der Waals surface area contributed by atoms with Crippen LogP contribution in [0.15, 0.2) is 52.1 Å². The number of aliphatic hydroxyl groups excluding tert-OH is 1. The van der Waals surface area contributed by atoms with Crippen LogP contribution in [0.1, 0.15) is 11.7 Å². The molecule has 0 saturated carbocycles. The summed E-state index contributed by atoms with van der Waals surface area (Å²) in [5.74, 6) is 0.548. The lowest BCUT2D eigenvalue weighted by molar-refractivity contribution is 0.204. The van der Waals surface area contributed by atoms with E-state index in [0.29, 0.717) is 17.0 Å². The first-order valence-corrected chi connectivity index (χ1v) is 7.20. The van der Waals surface area contributed by atoms with Crippen LogP contribution in [0.4, 0.5) is 5.69 Å². The maximum Gasteiger partial charge on any atom is 0.0918 e. The van der Waals surface area contributed by atoms with E-state index in [4.69, 9.17) is 5.73 Å². The number of aromatic nitrogens is 1. The lowest BCUT2D eigenvalue weighted by Crippen LogP contribution is -2.05. The molecule has 2 rings (SSSR count). The molecule has 5 heteroatoms. The molecule has 0 radical (unpaired) electrons. The zero-order chi connectivity index (χ0) is 13.0. The summed E-state index contributed by atoms with van der Waals surface area (Å²) >= 11 is 5.00. The second-order valence-corrected chi connectivity index (χ2v) is 5.80. The third-order valence-corrected chi connectivity index (χ3v) is 4.01. The average molecular weight is 325 g/mol. The van der Waals surface area contributed by atoms with Gasteiger partial charge in [-0.2, -0.15) is 0 Å². The monoisotopic (exact) mass is 324 g/mol. The van der Waals surface area contributed by atoms with Crippen LogP contribution in [0.3, 0.4) is 0 Å². The van der Waals surface area contributed by atoms with Crippen LogP contribution in [-0.2, 0) is 0 Å². The molecule has 18 heavy (non-hydrogen) atoms. The van der Waals surface area contributed by atoms with Crippen molar-refractivity contribution in [3.05, 3.63) is 52.8 Å². The summed E-state index contributed by atoms with van der Waals surface area (Å²) in [5, 5.41) is 10.1. The topological polar surface area (TPSA) is 59.1 Å². The molecule has 1 unspecified atom stereocenters. The molecule has 0 aliphatic rings. The number of aliphatic hydroxyl groups is 1. The highest BCUT2D eigenvalue weighted by Crippen LogP contribution is 2.28. The molecule has 94 valence electrons. The van der Waals surface area contributed by atoms with Crippen LogP contribution in [0.5, 0.6) is 0 Å². The fraction of sp³-hybridized carbons (Fsp3) is 0.154. The number of rotatable bonds is 4. The molecule has 0 aliphatic heterocycles. The first kappa shape index (κ1) is 13.4. The Kier molecular flexibility index (Phi) is 4.63. The van der Waals surface area contributed by atoms with Crippen molar-refractivity contribution in [2.24, 2.45) is 0 Å². The summed E-state index contributed by atoms with van der Waals surface area (Å²) in [4.78, 5) is 5.08. The number of hydrogen-bond acceptors (Lipinski definition) is 4. The van der Waals surface area contributed by atoms with Crippen molar-refractivity contribution in [1.82, 2.24) is 4.98 Å². The molecule has 1 aromatic heterocycles. The van der Waals surface area contributed by atoms with Crippen LogP contribution in [0.25, 0.3) is 0 Å². The molecule has 0 saturated heterocycles. The van der Waals surface area contributed by atoms with Gasteiger partial charge in [0.15, 0.2) is 0 Å². The van der Waals surface area contributed by atoms with E-state index in [0.717, 1.165) is 9.37 Å². The molecule has 0 amide bonds. The Morgan fingerprint density at radius 2 is 2.22 bits per heavy atom. The number of nitrogen functional groups attached to an aromatic ring is 1. The highest BCUT2D eigenvalue weighted by Gasteiger charge is 2.11. The lowest BCUT2D eigenvalue weighted by atomic mass is 10.1. The van der Waals surface area contributed by atoms with Crippen molar-refractivity contribution >= 4 is 33.4 Å². The van der Waals surface area contributed by atoms with Crippen LogP contribution in [0, 0.1) is 0 Å². The van der Waals surface area contributed by atoms with Crippen molar-refractivity contribution in [2.75, 3.05) is 11.5 Å². The summed E-state index contributed by atoms with van der Waals surface area (Å²) in [6.45, 7) is 0. The highest BCUT2D eigenvalue weighted by molar-refractivity contribution is 9.10. The number of hydrogen-bond donors (Lipinski definition) is 2. The number of nitrogens with two attached hydrogens (primary N) is 1. The van der Waals surface area contributed by atoms with Crippen LogP contribution in [-0.4, -0.2) is 15.8 Å². The molecule has 2 aromatic rings. The largest absolute Gasteiger partial charge is 0.398 e. The average Bonchev–Trinajstić information content (AvgIpc) is 2.37. The smallest absolute Gasteiger partial charge is 0.0918 e. The van der Waals surface area contributed by atoms with E-state index in [1.165, 1.54) is 0 Å². The molecule has 0 aliphatic carbocycles. The van der Waals surface area contributed by atoms with Gasteiger partial charge in [-0.15, -0.1) is 11.8 Å². The molecular formula is C13H13BrN2OS. The Labute approximate surface area is 119 Å². The Morgan fingerprint density at radius 3 is 2.94 bits per heavy atom. The predicted octanol–water partition coefficient (Wildman–Crippen LogP) is 3.25. The van der Waals surface area contributed by atoms with Crippen molar-refractivity contribution in [3.63, 3.8) is 0 Å². The molecule has 1 aromatic carbocycles. The second-order valence-electron chi connectivity index (χ2n) is 3.79. The predicted molar refractivity (Wildman–Crippen MR) is 78.5 cm³/mol. The van der Waals surface area contributed by atoms with Gasteiger partial charge in [0.25, 0.3) is 0 Å². The fourth-order valence-electron chi connectivity index (χ4n) is 1.52. The Morgan fingerprint density at radius 1 is 1.39 bits per heavy atom. The summed E-state index contributed by atoms with van der Waals surface area (Å²) < 4.78 is 1.03. The first-order valence-electron chi connectivity index (χ1n) is 5.42. The van der Waals surface area contributed by atoms with E-state index in [-0.39, 0.29) is 0 Å². The Balaban J connectivity index is 2.00. The van der Waals surface area contributed by atoms with E-state index in [2.05, 4.69) is 20.9 Å². The van der Waals surface area contributed by atoms with Crippen molar-refractivity contribution in [2.45, 2.75) is 11.0 Å². The van der Waals surface area contributed by atoms with E-state index < -0.39 is 6.10 Å². The third kappa shape index (κ3) is 3.48. The Bertz CT molecular complexity index is 536. The SMILES string of the molecule is Nc1ccncc1C(O)CSc1cccc(Br)c1. The molecule has 0 bridgehead atoms. The molecule has 3 N–H and O–H groups in total. The number of thioether (sulfide) groups is 1. The van der Waals surface area contributed by atoms with E-state index in [9.17, 15) is 5.11 Å². The molecular weight excluding hydrogens is 312 g/mol. The maximum atomic E-state index is 10.1. The van der Waals surface area contributed by atoms with Gasteiger partial charge in [-0.25, -0.2) is 0 Å². The minimum Gasteiger partial charge on any atom is -0.398 e. The standard InChI is InChI=1S/C13H13BrN2OS/c14-9-2-1-3-10(6-9)18-8-13(17)11-7-16-5-4-12(11)15/h1-7,13,17H,8H2,(H2,15,16). The highest BCUT2D eigenvalue weighted by atomic mass is 79.9. The van der Waals surface area contributed by atoms with E-state index >= 15 is 0 Å². The van der Waals surface area contributed by atoms with Gasteiger partial charge in [0.05, 0.1) is 6.10 Å². The number of benzene rings is 1. The molecule has 0 spiro atoms. The van der Waals surface area contributed by atoms with Crippen molar-refractivity contribution < 1.29 is 5.11 Å². The van der Waals surface area contributed by atoms with Crippen LogP contribution >= 0.6 is 27.7 Å². The summed E-state index contributed by atoms with van der Waals surface area (Å²) in [5.41, 5.74) is 7.05. The van der Waals surface area contributed by atoms with Gasteiger partial charge in [-0.1, -0.05) is 22.0 Å². The molecule has 0 fully saturated rings. The van der Waals surface area contributed by atoms with Crippen LogP contribution < -0.4 is 5.73 Å². The van der Waals surface area contributed by atoms with Gasteiger partial charge in [0.1, 0.15) is 0 Å². The van der Waals surface area contributed by atoms with Gasteiger partial charge >= 0.3 is 0 Å². The summed E-state index contributed by atoms with van der Waals surface area (Å²) in [6, 6.07) is 9.66. The minimum absolute atomic E-state index is 0.548. The van der Waals surface area contributed by atoms with Crippen molar-refractivity contribution in [3.8, 4) is 0 Å². The van der Waals surface area contributed by atoms with Gasteiger partial charge in [0.2, 0.25) is 0 Å². The molecule has 3 nitrogen and oxygen atoms in total. The zero-order valence-corrected chi connectivity index (χ0v) is 12.0.